The second-order valence-electron chi connectivity index (χ2n) is 5.78. The Bertz CT molecular complexity index is 576. The highest BCUT2D eigenvalue weighted by molar-refractivity contribution is 9.12. The van der Waals surface area contributed by atoms with E-state index in [1.807, 2.05) is 30.9 Å². The normalized spacial score (nSPS) is 16.9. The largest absolute Gasteiger partial charge is 0.304 e. The van der Waals surface area contributed by atoms with Gasteiger partial charge in [0.2, 0.25) is 0 Å². The molecule has 22 heavy (non-hydrogen) atoms. The van der Waals surface area contributed by atoms with E-state index < -0.39 is 0 Å². The molecule has 4 heteroatoms. The van der Waals surface area contributed by atoms with E-state index in [2.05, 4.69) is 41.1 Å². The zero-order chi connectivity index (χ0) is 15.9. The predicted octanol–water partition coefficient (Wildman–Crippen LogP) is 4.12. The third kappa shape index (κ3) is 4.36. The average molecular weight is 360 g/mol. The molecule has 0 radical (unpaired) electrons. The molecule has 0 spiro atoms. The number of nitrogens with zero attached hydrogens (tertiary/aromatic N) is 1. The van der Waals surface area contributed by atoms with E-state index >= 15 is 0 Å². The van der Waals surface area contributed by atoms with Gasteiger partial charge in [-0.2, -0.15) is 0 Å². The average Bonchev–Trinajstić information content (AvgIpc) is 2.82. The van der Waals surface area contributed by atoms with Gasteiger partial charge in [0, 0.05) is 11.3 Å². The minimum absolute atomic E-state index is 0.161. The van der Waals surface area contributed by atoms with Crippen molar-refractivity contribution in [1.29, 1.82) is 0 Å². The summed E-state index contributed by atoms with van der Waals surface area (Å²) < 4.78 is 1.01. The quantitative estimate of drug-likeness (QED) is 0.529. The molecular formula is C18H23BBrNO. The van der Waals surface area contributed by atoms with Crippen LogP contribution in [0.25, 0.3) is 0 Å². The SMILES string of the molecule is B/C(Br)=C1\C=C(CCCCCC)C(=O)N1Cc1ccccc1. The van der Waals surface area contributed by atoms with Gasteiger partial charge >= 0.3 is 0 Å². The number of allylic oxidation sites excluding steroid dienone is 1. The van der Waals surface area contributed by atoms with Crippen molar-refractivity contribution in [2.45, 2.75) is 45.6 Å². The molecule has 1 aliphatic rings. The Labute approximate surface area is 142 Å². The van der Waals surface area contributed by atoms with Gasteiger partial charge < -0.3 is 4.90 Å². The summed E-state index contributed by atoms with van der Waals surface area (Å²) in [4.78, 5) is 14.6. The molecule has 116 valence electrons. The van der Waals surface area contributed by atoms with Gasteiger partial charge in [0.1, 0.15) is 0 Å². The molecule has 2 rings (SSSR count). The van der Waals surface area contributed by atoms with Crippen molar-refractivity contribution in [3.05, 3.63) is 57.6 Å². The van der Waals surface area contributed by atoms with Crippen LogP contribution < -0.4 is 0 Å². The molecule has 0 atom stereocenters. The van der Waals surface area contributed by atoms with Crippen LogP contribution >= 0.6 is 15.9 Å². The number of benzene rings is 1. The topological polar surface area (TPSA) is 20.3 Å². The minimum Gasteiger partial charge on any atom is -0.304 e. The molecule has 0 saturated carbocycles. The number of hydrogen-bond donors (Lipinski definition) is 0. The summed E-state index contributed by atoms with van der Waals surface area (Å²) in [6, 6.07) is 10.2. The molecular weight excluding hydrogens is 337 g/mol. The maximum atomic E-state index is 12.7. The Hall–Kier alpha value is -1.29. The molecule has 0 fully saturated rings. The molecule has 1 aromatic carbocycles. The van der Waals surface area contributed by atoms with Crippen LogP contribution in [0.2, 0.25) is 0 Å². The number of halogens is 1. The molecule has 0 unspecified atom stereocenters. The molecule has 1 aromatic rings. The van der Waals surface area contributed by atoms with E-state index in [0.717, 1.165) is 34.1 Å². The lowest BCUT2D eigenvalue weighted by molar-refractivity contribution is -0.124. The molecule has 1 aliphatic heterocycles. The standard InChI is InChI=1S/C18H23BBrNO/c1-2-3-4-8-11-15-12-16(17(19)20)21(18(15)22)13-14-9-6-5-7-10-14/h5-7,9-10,12H,2-4,8,11,13,19H2,1H3/b17-16-. The third-order valence-electron chi connectivity index (χ3n) is 3.96. The highest BCUT2D eigenvalue weighted by Gasteiger charge is 2.28. The summed E-state index contributed by atoms with van der Waals surface area (Å²) in [7, 11) is 2.00. The Kier molecular flexibility index (Phi) is 6.50. The fraction of sp³-hybridized carbons (Fsp3) is 0.389. The maximum Gasteiger partial charge on any atom is 0.254 e. The van der Waals surface area contributed by atoms with Crippen molar-refractivity contribution < 1.29 is 4.79 Å². The lowest BCUT2D eigenvalue weighted by Crippen LogP contribution is -2.26. The molecule has 2 nitrogen and oxygen atoms in total. The lowest BCUT2D eigenvalue weighted by atomic mass is 10.1. The van der Waals surface area contributed by atoms with E-state index in [1.165, 1.54) is 19.3 Å². The Morgan fingerprint density at radius 1 is 1.18 bits per heavy atom. The van der Waals surface area contributed by atoms with Crippen LogP contribution in [0.15, 0.2) is 52.1 Å². The van der Waals surface area contributed by atoms with Crippen LogP contribution in [0, 0.1) is 0 Å². The van der Waals surface area contributed by atoms with Gasteiger partial charge in [0.05, 0.1) is 6.54 Å². The smallest absolute Gasteiger partial charge is 0.254 e. The highest BCUT2D eigenvalue weighted by atomic mass is 79.9. The first kappa shape index (κ1) is 17.1. The summed E-state index contributed by atoms with van der Waals surface area (Å²) in [6.45, 7) is 2.84. The van der Waals surface area contributed by atoms with Crippen molar-refractivity contribution in [2.75, 3.05) is 0 Å². The number of amides is 1. The Morgan fingerprint density at radius 2 is 1.91 bits per heavy atom. The number of carbonyl (C=O) groups excluding carboxylic acids is 1. The van der Waals surface area contributed by atoms with E-state index in [-0.39, 0.29) is 5.91 Å². The molecule has 1 heterocycles. The zero-order valence-corrected chi connectivity index (χ0v) is 15.0. The first-order valence-corrected chi connectivity index (χ1v) is 8.85. The van der Waals surface area contributed by atoms with Crippen LogP contribution in [0.5, 0.6) is 0 Å². The lowest BCUT2D eigenvalue weighted by Gasteiger charge is -2.20. The van der Waals surface area contributed by atoms with Crippen molar-refractivity contribution in [3.8, 4) is 0 Å². The number of rotatable bonds is 7. The second kappa shape index (κ2) is 8.37. The summed E-state index contributed by atoms with van der Waals surface area (Å²) in [5.74, 6) is 0.161. The summed E-state index contributed by atoms with van der Waals surface area (Å²) >= 11 is 3.54. The fourth-order valence-electron chi connectivity index (χ4n) is 2.72. The molecule has 0 aromatic heterocycles. The third-order valence-corrected chi connectivity index (χ3v) is 4.36. The maximum absolute atomic E-state index is 12.7. The predicted molar refractivity (Wildman–Crippen MR) is 98.3 cm³/mol. The van der Waals surface area contributed by atoms with Crippen molar-refractivity contribution >= 4 is 29.7 Å². The van der Waals surface area contributed by atoms with Crippen LogP contribution in [0.4, 0.5) is 0 Å². The summed E-state index contributed by atoms with van der Waals surface area (Å²) in [5, 5.41) is 0. The molecule has 0 saturated heterocycles. The molecule has 0 aliphatic carbocycles. The van der Waals surface area contributed by atoms with Crippen molar-refractivity contribution in [2.24, 2.45) is 0 Å². The van der Waals surface area contributed by atoms with Gasteiger partial charge in [0.25, 0.3) is 5.91 Å². The van der Waals surface area contributed by atoms with Crippen LogP contribution in [0.1, 0.15) is 44.6 Å². The first-order chi connectivity index (χ1) is 10.6. The van der Waals surface area contributed by atoms with E-state index in [0.29, 0.717) is 6.54 Å². The highest BCUT2D eigenvalue weighted by Crippen LogP contribution is 2.30. The number of hydrogen-bond acceptors (Lipinski definition) is 1. The summed E-state index contributed by atoms with van der Waals surface area (Å²) in [5.41, 5.74) is 3.10. The molecule has 0 bridgehead atoms. The number of carbonyl (C=O) groups is 1. The van der Waals surface area contributed by atoms with E-state index in [4.69, 9.17) is 0 Å². The van der Waals surface area contributed by atoms with E-state index in [1.54, 1.807) is 0 Å². The molecule has 0 N–H and O–H groups in total. The minimum atomic E-state index is 0.161. The zero-order valence-electron chi connectivity index (χ0n) is 13.4. The van der Waals surface area contributed by atoms with E-state index in [9.17, 15) is 4.79 Å². The van der Waals surface area contributed by atoms with Crippen molar-refractivity contribution in [1.82, 2.24) is 4.90 Å². The fourth-order valence-corrected chi connectivity index (χ4v) is 3.05. The summed E-state index contributed by atoms with van der Waals surface area (Å²) in [6.07, 6.45) is 7.70. The number of unbranched alkanes of at least 4 members (excludes halogenated alkanes) is 3. The van der Waals surface area contributed by atoms with Gasteiger partial charge in [-0.25, -0.2) is 0 Å². The first-order valence-electron chi connectivity index (χ1n) is 8.06. The van der Waals surface area contributed by atoms with Crippen molar-refractivity contribution in [3.63, 3.8) is 0 Å². The van der Waals surface area contributed by atoms with Gasteiger partial charge in [-0.3, -0.25) is 4.79 Å². The Morgan fingerprint density at radius 3 is 2.55 bits per heavy atom. The van der Waals surface area contributed by atoms with Gasteiger partial charge in [-0.05, 0) is 28.9 Å². The van der Waals surface area contributed by atoms with Crippen LogP contribution in [-0.2, 0) is 11.3 Å². The second-order valence-corrected chi connectivity index (χ2v) is 6.97. The van der Waals surface area contributed by atoms with Crippen LogP contribution in [0.3, 0.4) is 0 Å². The van der Waals surface area contributed by atoms with Gasteiger partial charge in [-0.1, -0.05) is 72.4 Å². The van der Waals surface area contributed by atoms with Gasteiger partial charge in [0.15, 0.2) is 7.85 Å². The van der Waals surface area contributed by atoms with Gasteiger partial charge in [-0.15, -0.1) is 0 Å². The Balaban J connectivity index is 2.08. The monoisotopic (exact) mass is 359 g/mol. The van der Waals surface area contributed by atoms with Crippen LogP contribution in [-0.4, -0.2) is 18.7 Å². The molecule has 1 amide bonds.